The Morgan fingerprint density at radius 1 is 1.38 bits per heavy atom. The quantitative estimate of drug-likeness (QED) is 0.873. The van der Waals surface area contributed by atoms with Crippen molar-refractivity contribution in [2.24, 2.45) is 5.92 Å². The van der Waals surface area contributed by atoms with Crippen LogP contribution in [0.4, 0.5) is 5.82 Å². The Morgan fingerprint density at radius 3 is 2.90 bits per heavy atom. The van der Waals surface area contributed by atoms with Gasteiger partial charge in [-0.05, 0) is 37.3 Å². The van der Waals surface area contributed by atoms with Gasteiger partial charge in [0.15, 0.2) is 0 Å². The van der Waals surface area contributed by atoms with Crippen molar-refractivity contribution in [3.63, 3.8) is 0 Å². The third kappa shape index (κ3) is 4.45. The van der Waals surface area contributed by atoms with Crippen LogP contribution in [-0.2, 0) is 6.42 Å². The Labute approximate surface area is 127 Å². The molecule has 3 N–H and O–H groups in total. The molecular weight excluding hydrogens is 262 g/mol. The van der Waals surface area contributed by atoms with E-state index in [1.54, 1.807) is 6.07 Å². The van der Waals surface area contributed by atoms with E-state index in [-0.39, 0.29) is 5.91 Å². The van der Waals surface area contributed by atoms with Crippen LogP contribution in [0.25, 0.3) is 0 Å². The topological polar surface area (TPSA) is 68.0 Å². The van der Waals surface area contributed by atoms with Crippen LogP contribution in [-0.4, -0.2) is 16.9 Å². The fourth-order valence-corrected chi connectivity index (χ4v) is 3.19. The minimum absolute atomic E-state index is 0.0109. The van der Waals surface area contributed by atoms with Gasteiger partial charge in [-0.3, -0.25) is 4.79 Å². The summed E-state index contributed by atoms with van der Waals surface area (Å²) in [7, 11) is 0. The van der Waals surface area contributed by atoms with E-state index in [1.165, 1.54) is 19.3 Å². The summed E-state index contributed by atoms with van der Waals surface area (Å²) in [5.41, 5.74) is 7.36. The summed E-state index contributed by atoms with van der Waals surface area (Å²) >= 11 is 0. The number of carbonyl (C=O) groups is 1. The SMILES string of the molecule is CCCc1cc(C(=O)NC2CCCC(CC)C2)cc(N)n1. The molecule has 21 heavy (non-hydrogen) atoms. The highest BCUT2D eigenvalue weighted by Crippen LogP contribution is 2.26. The molecule has 1 fully saturated rings. The first-order chi connectivity index (χ1) is 10.1. The van der Waals surface area contributed by atoms with Gasteiger partial charge in [-0.15, -0.1) is 0 Å². The van der Waals surface area contributed by atoms with Crippen LogP contribution in [0.1, 0.15) is 68.4 Å². The Bertz CT molecular complexity index is 487. The normalized spacial score (nSPS) is 22.0. The monoisotopic (exact) mass is 289 g/mol. The first-order valence-electron chi connectivity index (χ1n) is 8.19. The van der Waals surface area contributed by atoms with Crippen molar-refractivity contribution in [1.29, 1.82) is 0 Å². The number of nitrogens with one attached hydrogen (secondary N) is 1. The van der Waals surface area contributed by atoms with Crippen LogP contribution in [0, 0.1) is 5.92 Å². The molecular formula is C17H27N3O. The van der Waals surface area contributed by atoms with Crippen LogP contribution >= 0.6 is 0 Å². The maximum absolute atomic E-state index is 12.4. The molecule has 2 rings (SSSR count). The molecule has 2 unspecified atom stereocenters. The number of nitrogen functional groups attached to an aromatic ring is 1. The average molecular weight is 289 g/mol. The number of anilines is 1. The number of amides is 1. The predicted molar refractivity (Wildman–Crippen MR) is 86.1 cm³/mol. The van der Waals surface area contributed by atoms with Gasteiger partial charge in [-0.2, -0.15) is 0 Å². The molecule has 0 saturated heterocycles. The lowest BCUT2D eigenvalue weighted by atomic mass is 9.84. The summed E-state index contributed by atoms with van der Waals surface area (Å²) in [6, 6.07) is 3.85. The standard InChI is InChI=1S/C17H27N3O/c1-3-6-14-10-13(11-16(18)19-14)17(21)20-15-8-5-7-12(4-2)9-15/h10-12,15H,3-9H2,1-2H3,(H2,18,19)(H,20,21). The van der Waals surface area contributed by atoms with Crippen molar-refractivity contribution >= 4 is 11.7 Å². The van der Waals surface area contributed by atoms with Crippen molar-refractivity contribution in [3.8, 4) is 0 Å². The van der Waals surface area contributed by atoms with E-state index in [2.05, 4.69) is 24.1 Å². The number of nitrogens with two attached hydrogens (primary N) is 1. The van der Waals surface area contributed by atoms with Gasteiger partial charge < -0.3 is 11.1 Å². The first-order valence-corrected chi connectivity index (χ1v) is 8.19. The second-order valence-electron chi connectivity index (χ2n) is 6.13. The van der Waals surface area contributed by atoms with Gasteiger partial charge in [0.2, 0.25) is 0 Å². The number of nitrogens with zero attached hydrogens (tertiary/aromatic N) is 1. The van der Waals surface area contributed by atoms with Gasteiger partial charge in [0, 0.05) is 17.3 Å². The van der Waals surface area contributed by atoms with Crippen molar-refractivity contribution in [2.45, 2.75) is 64.8 Å². The summed E-state index contributed by atoms with van der Waals surface area (Å²) in [4.78, 5) is 16.7. The van der Waals surface area contributed by atoms with Gasteiger partial charge in [-0.25, -0.2) is 4.98 Å². The number of carbonyl (C=O) groups excluding carboxylic acids is 1. The molecule has 116 valence electrons. The van der Waals surface area contributed by atoms with E-state index in [9.17, 15) is 4.79 Å². The zero-order chi connectivity index (χ0) is 15.2. The summed E-state index contributed by atoms with van der Waals surface area (Å²) in [6.07, 6.45) is 7.75. The van der Waals surface area contributed by atoms with Gasteiger partial charge >= 0.3 is 0 Å². The highest BCUT2D eigenvalue weighted by Gasteiger charge is 2.22. The summed E-state index contributed by atoms with van der Waals surface area (Å²) < 4.78 is 0. The zero-order valence-corrected chi connectivity index (χ0v) is 13.2. The Hall–Kier alpha value is -1.58. The maximum atomic E-state index is 12.4. The molecule has 0 radical (unpaired) electrons. The van der Waals surface area contributed by atoms with Gasteiger partial charge in [0.1, 0.15) is 5.82 Å². The van der Waals surface area contributed by atoms with E-state index >= 15 is 0 Å². The van der Waals surface area contributed by atoms with E-state index in [0.717, 1.165) is 37.3 Å². The lowest BCUT2D eigenvalue weighted by Gasteiger charge is -2.29. The molecule has 4 nitrogen and oxygen atoms in total. The van der Waals surface area contributed by atoms with Crippen molar-refractivity contribution in [1.82, 2.24) is 10.3 Å². The second-order valence-corrected chi connectivity index (χ2v) is 6.13. The number of hydrogen-bond donors (Lipinski definition) is 2. The number of hydrogen-bond acceptors (Lipinski definition) is 3. The summed E-state index contributed by atoms with van der Waals surface area (Å²) in [6.45, 7) is 4.33. The Morgan fingerprint density at radius 2 is 2.19 bits per heavy atom. The molecule has 0 aliphatic heterocycles. The van der Waals surface area contributed by atoms with Crippen LogP contribution in [0.5, 0.6) is 0 Å². The van der Waals surface area contributed by atoms with Crippen molar-refractivity contribution in [3.05, 3.63) is 23.4 Å². The van der Waals surface area contributed by atoms with E-state index in [4.69, 9.17) is 5.73 Å². The number of aromatic nitrogens is 1. The van der Waals surface area contributed by atoms with E-state index in [1.807, 2.05) is 6.07 Å². The first kappa shape index (κ1) is 15.8. The van der Waals surface area contributed by atoms with Gasteiger partial charge in [0.25, 0.3) is 5.91 Å². The largest absolute Gasteiger partial charge is 0.384 e. The lowest BCUT2D eigenvalue weighted by molar-refractivity contribution is 0.0919. The van der Waals surface area contributed by atoms with Crippen LogP contribution in [0.3, 0.4) is 0 Å². The Kier molecular flexibility index (Phi) is 5.59. The Balaban J connectivity index is 2.02. The average Bonchev–Trinajstić information content (AvgIpc) is 2.47. The van der Waals surface area contributed by atoms with Crippen LogP contribution in [0.2, 0.25) is 0 Å². The third-order valence-electron chi connectivity index (χ3n) is 4.36. The van der Waals surface area contributed by atoms with E-state index < -0.39 is 0 Å². The lowest BCUT2D eigenvalue weighted by Crippen LogP contribution is -2.38. The molecule has 2 atom stereocenters. The number of aryl methyl sites for hydroxylation is 1. The molecule has 1 heterocycles. The van der Waals surface area contributed by atoms with Gasteiger partial charge in [-0.1, -0.05) is 39.5 Å². The van der Waals surface area contributed by atoms with E-state index in [0.29, 0.717) is 17.4 Å². The smallest absolute Gasteiger partial charge is 0.251 e. The molecule has 0 aromatic carbocycles. The molecule has 1 aromatic heterocycles. The molecule has 0 bridgehead atoms. The maximum Gasteiger partial charge on any atom is 0.251 e. The molecule has 4 heteroatoms. The van der Waals surface area contributed by atoms with Crippen LogP contribution in [0.15, 0.2) is 12.1 Å². The molecule has 0 spiro atoms. The predicted octanol–water partition coefficient (Wildman–Crippen LogP) is 3.31. The molecule has 1 saturated carbocycles. The van der Waals surface area contributed by atoms with Gasteiger partial charge in [0.05, 0.1) is 0 Å². The zero-order valence-electron chi connectivity index (χ0n) is 13.2. The minimum atomic E-state index is -0.0109. The molecule has 1 aliphatic rings. The van der Waals surface area contributed by atoms with Crippen molar-refractivity contribution < 1.29 is 4.79 Å². The molecule has 1 aromatic rings. The molecule has 1 amide bonds. The third-order valence-corrected chi connectivity index (χ3v) is 4.36. The second kappa shape index (κ2) is 7.43. The highest BCUT2D eigenvalue weighted by molar-refractivity contribution is 5.95. The summed E-state index contributed by atoms with van der Waals surface area (Å²) in [5, 5.41) is 3.17. The fraction of sp³-hybridized carbons (Fsp3) is 0.647. The number of pyridine rings is 1. The molecule has 1 aliphatic carbocycles. The summed E-state index contributed by atoms with van der Waals surface area (Å²) in [5.74, 6) is 1.17. The fourth-order valence-electron chi connectivity index (χ4n) is 3.19. The minimum Gasteiger partial charge on any atom is -0.384 e. The van der Waals surface area contributed by atoms with Crippen LogP contribution < -0.4 is 11.1 Å². The highest BCUT2D eigenvalue weighted by atomic mass is 16.1. The van der Waals surface area contributed by atoms with Crippen molar-refractivity contribution in [2.75, 3.05) is 5.73 Å². The number of rotatable bonds is 5.